The van der Waals surface area contributed by atoms with Crippen molar-refractivity contribution in [2.45, 2.75) is 32.6 Å². The highest BCUT2D eigenvalue weighted by Gasteiger charge is 2.11. The summed E-state index contributed by atoms with van der Waals surface area (Å²) in [6, 6.07) is 14.2. The third-order valence-corrected chi connectivity index (χ3v) is 4.25. The Labute approximate surface area is 130 Å². The van der Waals surface area contributed by atoms with Gasteiger partial charge in [0.2, 0.25) is 0 Å². The lowest BCUT2D eigenvalue weighted by molar-refractivity contribution is 0.733. The fraction of sp³-hybridized carbons (Fsp3) is 0.263. The standard InChI is InChI=1S/C19H19N3/c1-3-14(2)18-5-4-10-22-17(13-21-19(18)22)11-15-6-8-16(12-20)9-7-15/h4-10,13-14H,3,11H2,1-2H3. The molecule has 2 aromatic heterocycles. The number of aromatic nitrogens is 2. The first-order valence-corrected chi connectivity index (χ1v) is 7.66. The molecular formula is C19H19N3. The third kappa shape index (κ3) is 2.60. The van der Waals surface area contributed by atoms with Gasteiger partial charge in [0.25, 0.3) is 0 Å². The highest BCUT2D eigenvalue weighted by Crippen LogP contribution is 2.24. The maximum absolute atomic E-state index is 8.87. The molecule has 3 aromatic rings. The summed E-state index contributed by atoms with van der Waals surface area (Å²) in [5, 5.41) is 8.87. The summed E-state index contributed by atoms with van der Waals surface area (Å²) in [7, 11) is 0. The first-order chi connectivity index (χ1) is 10.7. The minimum atomic E-state index is 0.508. The summed E-state index contributed by atoms with van der Waals surface area (Å²) < 4.78 is 2.18. The number of pyridine rings is 1. The molecule has 2 heterocycles. The van der Waals surface area contributed by atoms with Gasteiger partial charge in [-0.1, -0.05) is 32.0 Å². The van der Waals surface area contributed by atoms with Gasteiger partial charge >= 0.3 is 0 Å². The predicted molar refractivity (Wildman–Crippen MR) is 87.9 cm³/mol. The molecule has 0 amide bonds. The van der Waals surface area contributed by atoms with Crippen LogP contribution in [0.15, 0.2) is 48.8 Å². The molecule has 0 aliphatic rings. The lowest BCUT2D eigenvalue weighted by atomic mass is 10.00. The van der Waals surface area contributed by atoms with Crippen LogP contribution in [-0.2, 0) is 6.42 Å². The Morgan fingerprint density at radius 1 is 1.23 bits per heavy atom. The van der Waals surface area contributed by atoms with Gasteiger partial charge in [-0.3, -0.25) is 0 Å². The second kappa shape index (κ2) is 6.03. The van der Waals surface area contributed by atoms with Crippen molar-refractivity contribution in [1.29, 1.82) is 5.26 Å². The minimum Gasteiger partial charge on any atom is -0.304 e. The number of fused-ring (bicyclic) bond motifs is 1. The molecule has 0 saturated heterocycles. The van der Waals surface area contributed by atoms with E-state index in [1.54, 1.807) is 0 Å². The van der Waals surface area contributed by atoms with Crippen molar-refractivity contribution in [1.82, 2.24) is 9.38 Å². The number of rotatable bonds is 4. The summed E-state index contributed by atoms with van der Waals surface area (Å²) >= 11 is 0. The number of hydrogen-bond donors (Lipinski definition) is 0. The largest absolute Gasteiger partial charge is 0.304 e. The number of nitriles is 1. The third-order valence-electron chi connectivity index (χ3n) is 4.25. The molecule has 0 saturated carbocycles. The van der Waals surface area contributed by atoms with Gasteiger partial charge in [-0.15, -0.1) is 0 Å². The molecule has 3 heteroatoms. The van der Waals surface area contributed by atoms with Crippen LogP contribution in [0.25, 0.3) is 5.65 Å². The van der Waals surface area contributed by atoms with Crippen LogP contribution >= 0.6 is 0 Å². The Hall–Kier alpha value is -2.60. The smallest absolute Gasteiger partial charge is 0.140 e. The van der Waals surface area contributed by atoms with Crippen LogP contribution in [0.2, 0.25) is 0 Å². The van der Waals surface area contributed by atoms with E-state index in [-0.39, 0.29) is 0 Å². The molecule has 0 fully saturated rings. The number of imidazole rings is 1. The zero-order chi connectivity index (χ0) is 15.5. The molecule has 0 spiro atoms. The van der Waals surface area contributed by atoms with Gasteiger partial charge in [0.1, 0.15) is 5.65 Å². The van der Waals surface area contributed by atoms with E-state index in [0.29, 0.717) is 11.5 Å². The summed E-state index contributed by atoms with van der Waals surface area (Å²) in [6.45, 7) is 4.44. The van der Waals surface area contributed by atoms with Crippen molar-refractivity contribution in [2.75, 3.05) is 0 Å². The van der Waals surface area contributed by atoms with E-state index in [1.165, 1.54) is 16.8 Å². The van der Waals surface area contributed by atoms with E-state index in [1.807, 2.05) is 30.5 Å². The van der Waals surface area contributed by atoms with Crippen molar-refractivity contribution >= 4 is 5.65 Å². The van der Waals surface area contributed by atoms with E-state index in [2.05, 4.69) is 47.6 Å². The first-order valence-electron chi connectivity index (χ1n) is 7.66. The lowest BCUT2D eigenvalue weighted by Gasteiger charge is -2.11. The zero-order valence-corrected chi connectivity index (χ0v) is 13.0. The molecule has 0 radical (unpaired) electrons. The van der Waals surface area contributed by atoms with Gasteiger partial charge in [0.15, 0.2) is 0 Å². The lowest BCUT2D eigenvalue weighted by Crippen LogP contribution is -1.99. The molecule has 1 unspecified atom stereocenters. The fourth-order valence-corrected chi connectivity index (χ4v) is 2.72. The van der Waals surface area contributed by atoms with E-state index >= 15 is 0 Å². The van der Waals surface area contributed by atoms with Crippen LogP contribution in [0.4, 0.5) is 0 Å². The number of hydrogen-bond acceptors (Lipinski definition) is 2. The Morgan fingerprint density at radius 2 is 2.00 bits per heavy atom. The second-order valence-corrected chi connectivity index (χ2v) is 5.70. The zero-order valence-electron chi connectivity index (χ0n) is 13.0. The molecule has 1 atom stereocenters. The molecule has 1 aromatic carbocycles. The molecule has 0 bridgehead atoms. The summed E-state index contributed by atoms with van der Waals surface area (Å²) in [4.78, 5) is 4.63. The van der Waals surface area contributed by atoms with E-state index in [0.717, 1.165) is 18.5 Å². The van der Waals surface area contributed by atoms with Gasteiger partial charge in [-0.25, -0.2) is 4.98 Å². The van der Waals surface area contributed by atoms with Crippen molar-refractivity contribution in [2.24, 2.45) is 0 Å². The van der Waals surface area contributed by atoms with Crippen LogP contribution < -0.4 is 0 Å². The second-order valence-electron chi connectivity index (χ2n) is 5.70. The van der Waals surface area contributed by atoms with Gasteiger partial charge in [0, 0.05) is 24.5 Å². The molecule has 0 aliphatic heterocycles. The SMILES string of the molecule is CCC(C)c1cccn2c(Cc3ccc(C#N)cc3)cnc12. The maximum atomic E-state index is 8.87. The Bertz CT molecular complexity index is 822. The van der Waals surface area contributed by atoms with E-state index < -0.39 is 0 Å². The average Bonchev–Trinajstić information content (AvgIpc) is 2.98. The van der Waals surface area contributed by atoms with Crippen LogP contribution in [0, 0.1) is 11.3 Å². The van der Waals surface area contributed by atoms with E-state index in [9.17, 15) is 0 Å². The van der Waals surface area contributed by atoms with E-state index in [4.69, 9.17) is 5.26 Å². The number of benzene rings is 1. The van der Waals surface area contributed by atoms with Gasteiger partial charge in [0.05, 0.1) is 11.6 Å². The van der Waals surface area contributed by atoms with Crippen molar-refractivity contribution < 1.29 is 0 Å². The predicted octanol–water partition coefficient (Wildman–Crippen LogP) is 4.31. The normalized spacial score (nSPS) is 12.2. The van der Waals surface area contributed by atoms with Crippen molar-refractivity contribution in [3.8, 4) is 6.07 Å². The van der Waals surface area contributed by atoms with Crippen molar-refractivity contribution in [3.63, 3.8) is 0 Å². The highest BCUT2D eigenvalue weighted by atomic mass is 15.0. The van der Waals surface area contributed by atoms with Crippen LogP contribution in [-0.4, -0.2) is 9.38 Å². The molecule has 0 N–H and O–H groups in total. The van der Waals surface area contributed by atoms with Crippen LogP contribution in [0.5, 0.6) is 0 Å². The average molecular weight is 289 g/mol. The molecular weight excluding hydrogens is 270 g/mol. The Kier molecular flexibility index (Phi) is 3.93. The molecule has 110 valence electrons. The first kappa shape index (κ1) is 14.3. The molecule has 22 heavy (non-hydrogen) atoms. The molecule has 3 rings (SSSR count). The summed E-state index contributed by atoms with van der Waals surface area (Å²) in [5.41, 5.74) is 5.41. The Morgan fingerprint density at radius 3 is 2.68 bits per heavy atom. The summed E-state index contributed by atoms with van der Waals surface area (Å²) in [5.74, 6) is 0.508. The molecule has 0 aliphatic carbocycles. The topological polar surface area (TPSA) is 41.1 Å². The quantitative estimate of drug-likeness (QED) is 0.718. The summed E-state index contributed by atoms with van der Waals surface area (Å²) in [6.07, 6.45) is 5.96. The highest BCUT2D eigenvalue weighted by molar-refractivity contribution is 5.51. The maximum Gasteiger partial charge on any atom is 0.140 e. The Balaban J connectivity index is 1.96. The van der Waals surface area contributed by atoms with Gasteiger partial charge in [-0.2, -0.15) is 5.26 Å². The van der Waals surface area contributed by atoms with Crippen LogP contribution in [0.3, 0.4) is 0 Å². The van der Waals surface area contributed by atoms with Gasteiger partial charge < -0.3 is 4.40 Å². The molecule has 3 nitrogen and oxygen atoms in total. The fourth-order valence-electron chi connectivity index (χ4n) is 2.72. The van der Waals surface area contributed by atoms with Gasteiger partial charge in [-0.05, 0) is 41.7 Å². The number of nitrogens with zero attached hydrogens (tertiary/aromatic N) is 3. The monoisotopic (exact) mass is 289 g/mol. The van der Waals surface area contributed by atoms with Crippen molar-refractivity contribution in [3.05, 3.63) is 71.2 Å². The van der Waals surface area contributed by atoms with Crippen LogP contribution in [0.1, 0.15) is 48.6 Å². The minimum absolute atomic E-state index is 0.508.